The second-order valence-corrected chi connectivity index (χ2v) is 4.03. The first kappa shape index (κ1) is 9.79. The summed E-state index contributed by atoms with van der Waals surface area (Å²) in [7, 11) is 0. The molecule has 0 fully saturated rings. The van der Waals surface area contributed by atoms with Crippen LogP contribution in [0.2, 0.25) is 0 Å². The second-order valence-electron chi connectivity index (χ2n) is 2.85. The first-order valence-corrected chi connectivity index (χ1v) is 5.26. The van der Waals surface area contributed by atoms with E-state index in [1.807, 2.05) is 0 Å². The van der Waals surface area contributed by atoms with Gasteiger partial charge in [-0.1, -0.05) is 53.2 Å². The minimum Gasteiger partial charge on any atom is -0.0888 e. The molecule has 1 unspecified atom stereocenters. The highest BCUT2D eigenvalue weighted by atomic mass is 79.9. The maximum atomic E-state index is 3.58. The summed E-state index contributed by atoms with van der Waals surface area (Å²) < 4.78 is 0. The van der Waals surface area contributed by atoms with Crippen molar-refractivity contribution in [3.05, 3.63) is 42.3 Å². The van der Waals surface area contributed by atoms with Gasteiger partial charge in [-0.25, -0.2) is 0 Å². The van der Waals surface area contributed by atoms with Crippen LogP contribution in [0.15, 0.2) is 30.3 Å². The van der Waals surface area contributed by atoms with Gasteiger partial charge in [0, 0.05) is 4.83 Å². The maximum absolute atomic E-state index is 3.58. The molecule has 1 rings (SSSR count). The lowest BCUT2D eigenvalue weighted by atomic mass is 10.1. The van der Waals surface area contributed by atoms with Gasteiger partial charge in [-0.05, 0) is 24.8 Å². The lowest BCUT2D eigenvalue weighted by Crippen LogP contribution is -1.98. The Morgan fingerprint density at radius 1 is 1.33 bits per heavy atom. The first-order chi connectivity index (χ1) is 5.83. The van der Waals surface area contributed by atoms with E-state index in [1.54, 1.807) is 0 Å². The average Bonchev–Trinajstić information content (AvgIpc) is 2.16. The van der Waals surface area contributed by atoms with Crippen molar-refractivity contribution in [3.8, 4) is 0 Å². The van der Waals surface area contributed by atoms with Crippen LogP contribution >= 0.6 is 15.9 Å². The highest BCUT2D eigenvalue weighted by Crippen LogP contribution is 2.12. The van der Waals surface area contributed by atoms with Crippen molar-refractivity contribution in [1.82, 2.24) is 0 Å². The summed E-state index contributed by atoms with van der Waals surface area (Å²) in [4.78, 5) is 0.553. The summed E-state index contributed by atoms with van der Waals surface area (Å²) in [5.41, 5.74) is 1.38. The first-order valence-electron chi connectivity index (χ1n) is 4.34. The minimum absolute atomic E-state index is 0.553. The largest absolute Gasteiger partial charge is 0.0888 e. The molecule has 1 heteroatoms. The van der Waals surface area contributed by atoms with Crippen LogP contribution in [0.5, 0.6) is 0 Å². The zero-order chi connectivity index (χ0) is 8.81. The molecular formula is C11H14Br. The van der Waals surface area contributed by atoms with Gasteiger partial charge in [0.1, 0.15) is 0 Å². The molecule has 0 saturated carbocycles. The topological polar surface area (TPSA) is 0 Å². The molecule has 0 N–H and O–H groups in total. The molecule has 12 heavy (non-hydrogen) atoms. The van der Waals surface area contributed by atoms with Crippen molar-refractivity contribution in [2.24, 2.45) is 0 Å². The maximum Gasteiger partial charge on any atom is 0.0177 e. The van der Waals surface area contributed by atoms with E-state index < -0.39 is 0 Å². The lowest BCUT2D eigenvalue weighted by molar-refractivity contribution is 0.895. The van der Waals surface area contributed by atoms with E-state index in [-0.39, 0.29) is 0 Å². The number of hydrogen-bond acceptors (Lipinski definition) is 0. The number of hydrogen-bond donors (Lipinski definition) is 0. The fourth-order valence-electron chi connectivity index (χ4n) is 1.04. The molecular weight excluding hydrogens is 212 g/mol. The molecule has 0 aliphatic rings. The van der Waals surface area contributed by atoms with Crippen molar-refractivity contribution in [1.29, 1.82) is 0 Å². The van der Waals surface area contributed by atoms with Gasteiger partial charge in [0.2, 0.25) is 0 Å². The number of alkyl halides is 1. The number of benzene rings is 1. The van der Waals surface area contributed by atoms with Gasteiger partial charge in [0.05, 0.1) is 0 Å². The Labute approximate surface area is 83.1 Å². The van der Waals surface area contributed by atoms with E-state index in [1.165, 1.54) is 5.56 Å². The van der Waals surface area contributed by atoms with Crippen molar-refractivity contribution >= 4 is 15.9 Å². The van der Waals surface area contributed by atoms with Crippen LogP contribution in [0, 0.1) is 6.42 Å². The van der Waals surface area contributed by atoms with E-state index >= 15 is 0 Å². The molecule has 0 aliphatic carbocycles. The summed E-state index contributed by atoms with van der Waals surface area (Å²) in [6.45, 7) is 2.18. The van der Waals surface area contributed by atoms with Gasteiger partial charge in [-0.15, -0.1) is 0 Å². The quantitative estimate of drug-likeness (QED) is 0.688. The summed E-state index contributed by atoms with van der Waals surface area (Å²) >= 11 is 3.58. The summed E-state index contributed by atoms with van der Waals surface area (Å²) in [5.74, 6) is 0. The molecule has 1 aromatic rings. The number of halogens is 1. The Balaban J connectivity index is 2.33. The Bertz CT molecular complexity index is 206. The highest BCUT2D eigenvalue weighted by Gasteiger charge is 2.00. The summed E-state index contributed by atoms with van der Waals surface area (Å²) in [6, 6.07) is 10.5. The van der Waals surface area contributed by atoms with E-state index in [2.05, 4.69) is 59.6 Å². The monoisotopic (exact) mass is 225 g/mol. The molecule has 1 aromatic carbocycles. The predicted octanol–water partition coefficient (Wildman–Crippen LogP) is 3.61. The standard InChI is InChI=1S/C11H14Br/c1-2-11(12)9-8-10-6-4-3-5-7-10/h3-7,9,11H,2,8H2,1H3. The van der Waals surface area contributed by atoms with Crippen LogP contribution in [0.4, 0.5) is 0 Å². The van der Waals surface area contributed by atoms with E-state index in [9.17, 15) is 0 Å². The third kappa shape index (κ3) is 3.40. The van der Waals surface area contributed by atoms with Gasteiger partial charge in [-0.2, -0.15) is 0 Å². The molecule has 0 aliphatic heterocycles. The Hall–Kier alpha value is -0.300. The van der Waals surface area contributed by atoms with Crippen LogP contribution in [0.25, 0.3) is 0 Å². The molecule has 0 bridgehead atoms. The molecule has 0 saturated heterocycles. The van der Waals surface area contributed by atoms with E-state index in [0.717, 1.165) is 12.8 Å². The van der Waals surface area contributed by atoms with Crippen LogP contribution in [-0.4, -0.2) is 4.83 Å². The Kier molecular flexibility index (Phi) is 4.37. The molecule has 0 aromatic heterocycles. The van der Waals surface area contributed by atoms with Crippen LogP contribution in [0.3, 0.4) is 0 Å². The fraction of sp³-hybridized carbons (Fsp3) is 0.364. The van der Waals surface area contributed by atoms with Gasteiger partial charge in [0.15, 0.2) is 0 Å². The highest BCUT2D eigenvalue weighted by molar-refractivity contribution is 9.09. The van der Waals surface area contributed by atoms with Crippen molar-refractivity contribution in [3.63, 3.8) is 0 Å². The average molecular weight is 226 g/mol. The molecule has 0 heterocycles. The third-order valence-corrected chi connectivity index (χ3v) is 2.86. The molecule has 0 nitrogen and oxygen atoms in total. The fourth-order valence-corrected chi connectivity index (χ4v) is 1.23. The zero-order valence-corrected chi connectivity index (χ0v) is 8.92. The van der Waals surface area contributed by atoms with Gasteiger partial charge < -0.3 is 0 Å². The molecule has 1 atom stereocenters. The molecule has 0 spiro atoms. The van der Waals surface area contributed by atoms with Crippen LogP contribution in [0.1, 0.15) is 18.9 Å². The second kappa shape index (κ2) is 5.36. The van der Waals surface area contributed by atoms with Crippen molar-refractivity contribution < 1.29 is 0 Å². The van der Waals surface area contributed by atoms with Crippen molar-refractivity contribution in [2.45, 2.75) is 24.6 Å². The van der Waals surface area contributed by atoms with E-state index in [4.69, 9.17) is 0 Å². The van der Waals surface area contributed by atoms with Crippen molar-refractivity contribution in [2.75, 3.05) is 0 Å². The van der Waals surface area contributed by atoms with Gasteiger partial charge in [0.25, 0.3) is 0 Å². The predicted molar refractivity (Wildman–Crippen MR) is 57.5 cm³/mol. The SMILES string of the molecule is CCC(Br)[CH]Cc1ccccc1. The zero-order valence-electron chi connectivity index (χ0n) is 7.33. The normalized spacial score (nSPS) is 12.8. The smallest absolute Gasteiger partial charge is 0.0177 e. The van der Waals surface area contributed by atoms with Crippen LogP contribution in [-0.2, 0) is 6.42 Å². The summed E-state index contributed by atoms with van der Waals surface area (Å²) in [5, 5.41) is 0. The molecule has 65 valence electrons. The van der Waals surface area contributed by atoms with E-state index in [0.29, 0.717) is 4.83 Å². The Morgan fingerprint density at radius 2 is 2.00 bits per heavy atom. The lowest BCUT2D eigenvalue weighted by Gasteiger charge is -2.05. The van der Waals surface area contributed by atoms with Gasteiger partial charge in [-0.3, -0.25) is 0 Å². The molecule has 1 radical (unpaired) electrons. The number of rotatable bonds is 4. The minimum atomic E-state index is 0.553. The third-order valence-electron chi connectivity index (χ3n) is 1.84. The Morgan fingerprint density at radius 3 is 2.58 bits per heavy atom. The van der Waals surface area contributed by atoms with Gasteiger partial charge >= 0.3 is 0 Å². The molecule has 0 amide bonds. The summed E-state index contributed by atoms with van der Waals surface area (Å²) in [6.07, 6.45) is 4.52. The van der Waals surface area contributed by atoms with Crippen LogP contribution < -0.4 is 0 Å².